The molecule has 0 unspecified atom stereocenters. The summed E-state index contributed by atoms with van der Waals surface area (Å²) < 4.78 is 100. The summed E-state index contributed by atoms with van der Waals surface area (Å²) in [5.41, 5.74) is 6.47. The number of anilines is 2. The van der Waals surface area contributed by atoms with E-state index in [9.17, 15) is 0 Å². The molecule has 9 aromatic rings. The second kappa shape index (κ2) is 15.1. The van der Waals surface area contributed by atoms with E-state index in [0.29, 0.717) is 32.0 Å². The van der Waals surface area contributed by atoms with Crippen molar-refractivity contribution in [1.82, 2.24) is 23.8 Å². The zero-order valence-electron chi connectivity index (χ0n) is 41.4. The molecule has 284 valence electrons. The molecule has 0 N–H and O–H groups in total. The molecule has 9 heteroatoms. The summed E-state index contributed by atoms with van der Waals surface area (Å²) >= 11 is 2.17. The molecule has 0 radical (unpaired) electrons. The Morgan fingerprint density at radius 3 is 2.09 bits per heavy atom. The molecule has 0 atom stereocenters. The number of para-hydroxylation sites is 3. The summed E-state index contributed by atoms with van der Waals surface area (Å²) in [5, 5.41) is 4.74. The molecule has 10 rings (SSSR count). The van der Waals surface area contributed by atoms with Crippen LogP contribution >= 0.6 is 0 Å². The number of benzene rings is 6. The van der Waals surface area contributed by atoms with E-state index in [4.69, 9.17) is 28.5 Å². The van der Waals surface area contributed by atoms with Gasteiger partial charge in [0.1, 0.15) is 0 Å². The molecule has 3 aromatic heterocycles. The van der Waals surface area contributed by atoms with Crippen molar-refractivity contribution in [1.29, 1.82) is 0 Å². The molecule has 1 aliphatic rings. The average molecular weight is 944 g/mol. The molecule has 0 fully saturated rings. The van der Waals surface area contributed by atoms with Gasteiger partial charge < -0.3 is 0 Å². The number of ether oxygens (including phenoxy) is 1. The first kappa shape index (κ1) is 26.4. The van der Waals surface area contributed by atoms with E-state index < -0.39 is 60.4 Å². The molecule has 1 aliphatic heterocycles. The van der Waals surface area contributed by atoms with Crippen molar-refractivity contribution in [2.75, 3.05) is 4.81 Å². The molecule has 0 aliphatic carbocycles. The number of hydrogen-bond acceptors (Lipinski definition) is 4. The van der Waals surface area contributed by atoms with E-state index >= 15 is 0 Å². The minimum atomic E-state index is -0.558. The molecule has 6 aromatic carbocycles. The Kier molecular flexibility index (Phi) is 6.88. The quantitative estimate of drug-likeness (QED) is 0.135. The van der Waals surface area contributed by atoms with Crippen molar-refractivity contribution >= 4 is 29.5 Å². The van der Waals surface area contributed by atoms with Crippen LogP contribution in [0.15, 0.2) is 176 Å². The fourth-order valence-corrected chi connectivity index (χ4v) is 8.91. The fourth-order valence-electron chi connectivity index (χ4n) is 7.81. The monoisotopic (exact) mass is 943 g/mol. The minimum absolute atomic E-state index is 0.108. The van der Waals surface area contributed by atoms with Crippen LogP contribution < -0.4 is 9.55 Å². The summed E-state index contributed by atoms with van der Waals surface area (Å²) in [4.78, 5) is 7.03. The van der Waals surface area contributed by atoms with E-state index in [0.717, 1.165) is 41.1 Å². The molecule has 0 spiro atoms. The third-order valence-corrected chi connectivity index (χ3v) is 11.3. The van der Waals surface area contributed by atoms with E-state index in [2.05, 4.69) is 41.7 Å². The van der Waals surface area contributed by atoms with Crippen LogP contribution in [0.25, 0.3) is 55.9 Å². The van der Waals surface area contributed by atoms with Gasteiger partial charge in [0.25, 0.3) is 0 Å². The van der Waals surface area contributed by atoms with Crippen LogP contribution in [0.3, 0.4) is 0 Å². The Bertz CT molecular complexity index is 3470. The van der Waals surface area contributed by atoms with Crippen LogP contribution in [-0.2, 0) is 19.4 Å². The average Bonchev–Trinajstić information content (AvgIpc) is 3.94. The van der Waals surface area contributed by atoms with Crippen molar-refractivity contribution < 1.29 is 37.8 Å². The maximum atomic E-state index is 9.06. The number of fused-ring (bicyclic) bond motifs is 4. The third-order valence-electron chi connectivity index (χ3n) is 10.3. The predicted molar refractivity (Wildman–Crippen MR) is 232 cm³/mol. The van der Waals surface area contributed by atoms with Gasteiger partial charge in [0.05, 0.1) is 0 Å². The molecule has 0 amide bonds. The van der Waals surface area contributed by atoms with Crippen LogP contribution in [0.5, 0.6) is 11.5 Å². The maximum absolute atomic E-state index is 9.06. The predicted octanol–water partition coefficient (Wildman–Crippen LogP) is 12.1. The second-order valence-corrected chi connectivity index (χ2v) is 14.9. The normalized spacial score (nSPS) is 14.6. The first-order valence-corrected chi connectivity index (χ1v) is 20.0. The van der Waals surface area contributed by atoms with Gasteiger partial charge in [-0.25, -0.2) is 0 Å². The van der Waals surface area contributed by atoms with Crippen molar-refractivity contribution in [2.24, 2.45) is 0 Å². The van der Waals surface area contributed by atoms with Crippen LogP contribution in [0.4, 0.5) is 11.5 Å². The van der Waals surface area contributed by atoms with Crippen LogP contribution in [0.2, 0.25) is 6.32 Å². The van der Waals surface area contributed by atoms with Crippen LogP contribution in [-0.4, -0.2) is 30.8 Å². The summed E-state index contributed by atoms with van der Waals surface area (Å²) in [6.07, 6.45) is 5.40. The molecule has 7 nitrogen and oxygen atoms in total. The van der Waals surface area contributed by atoms with Gasteiger partial charge in [-0.3, -0.25) is 0 Å². The van der Waals surface area contributed by atoms with Crippen molar-refractivity contribution in [3.05, 3.63) is 185 Å². The molecule has 0 bridgehead atoms. The molecular weight excluding hydrogens is 894 g/mol. The van der Waals surface area contributed by atoms with Gasteiger partial charge in [0.15, 0.2) is 0 Å². The number of nitrogens with zero attached hydrogens (tertiary/aromatic N) is 6. The van der Waals surface area contributed by atoms with Gasteiger partial charge in [-0.1, -0.05) is 13.3 Å². The first-order valence-electron chi connectivity index (χ1n) is 23.9. The Labute approximate surface area is 363 Å². The molecule has 0 saturated heterocycles. The van der Waals surface area contributed by atoms with Crippen LogP contribution in [0, 0.1) is 10.7 Å². The molecule has 0 saturated carbocycles. The Morgan fingerprint density at radius 1 is 0.690 bits per heavy atom. The molecular formula is C49H39BN6OPt. The van der Waals surface area contributed by atoms with Gasteiger partial charge in [-0.15, -0.1) is 0 Å². The summed E-state index contributed by atoms with van der Waals surface area (Å²) in [5.74, 6) is 1.93. The van der Waals surface area contributed by atoms with E-state index in [1.807, 2.05) is 107 Å². The zero-order valence-corrected chi connectivity index (χ0v) is 33.6. The third kappa shape index (κ3) is 6.25. The molecule has 58 heavy (non-hydrogen) atoms. The second-order valence-electron chi connectivity index (χ2n) is 13.9. The molecule has 4 heterocycles. The van der Waals surface area contributed by atoms with Gasteiger partial charge in [0, 0.05) is 12.4 Å². The van der Waals surface area contributed by atoms with E-state index in [1.165, 1.54) is 0 Å². The summed E-state index contributed by atoms with van der Waals surface area (Å²) in [7, 11) is 0. The van der Waals surface area contributed by atoms with E-state index in [1.54, 1.807) is 18.2 Å². The standard InChI is InChI=1S/C49H39BN6O.Pt/c1-3-28-50-55(48-31-35(2)26-29-51-48)47-33-40(24-25-43(47)44-27-30-52-56(44)50)57-39-19-12-18-38(32-39)53-34-54(46-23-11-10-22-45(46)53)49-41(36-14-6-4-7-15-36)20-13-21-42(49)37-16-8-5-9-17-37;/h4-27,29-33H,3,28H2,1-2H3;/i4D,5D,6D,7D,8D,9D,14D,15D,16D,17D;. The van der Waals surface area contributed by atoms with Crippen molar-refractivity contribution in [2.45, 2.75) is 26.6 Å². The Hall–Kier alpha value is -6.50. The number of imidazole rings is 1. The first-order chi connectivity index (χ1) is 32.7. The van der Waals surface area contributed by atoms with Crippen molar-refractivity contribution in [3.63, 3.8) is 0 Å². The van der Waals surface area contributed by atoms with Gasteiger partial charge >= 0.3 is 315 Å². The van der Waals surface area contributed by atoms with Crippen molar-refractivity contribution in [3.8, 4) is 56.4 Å². The SMILES string of the molecule is [2H]c1c([2H])c([2H])c(-c2cccc(-c3c([2H])c([2H])c([2H])c([2H])c3[2H])c2-n2[c](=[Pt])n(-c3cccc(Oc4ccc5c(c4)N(c4cc(C)ccn4)B(CCC)n4nccc4-5)c3)c3ccccc32)c([2H])c1[2H]. The number of pyridine rings is 1. The number of aryl methyl sites for hydroxylation is 1. The fraction of sp³-hybridized carbons (Fsp3) is 0.0816. The summed E-state index contributed by atoms with van der Waals surface area (Å²) in [6, 6.07) is 27.0. The van der Waals surface area contributed by atoms with E-state index in [-0.39, 0.29) is 34.9 Å². The summed E-state index contributed by atoms with van der Waals surface area (Å²) in [6.45, 7) is 4.09. The number of aromatic nitrogens is 5. The topological polar surface area (TPSA) is 53.0 Å². The van der Waals surface area contributed by atoms with Gasteiger partial charge in [0.2, 0.25) is 0 Å². The van der Waals surface area contributed by atoms with Gasteiger partial charge in [-0.05, 0) is 18.6 Å². The number of rotatable bonds is 9. The van der Waals surface area contributed by atoms with Gasteiger partial charge in [-0.2, -0.15) is 5.10 Å². The van der Waals surface area contributed by atoms with Crippen LogP contribution in [0.1, 0.15) is 32.6 Å². The zero-order chi connectivity index (χ0) is 47.9. The Balaban J connectivity index is 1.16. The Morgan fingerprint density at radius 2 is 1.38 bits per heavy atom. The number of hydrogen-bond donors (Lipinski definition) is 0.